The van der Waals surface area contributed by atoms with Crippen LogP contribution >= 0.6 is 0 Å². The van der Waals surface area contributed by atoms with Crippen molar-refractivity contribution in [2.45, 2.75) is 13.5 Å². The van der Waals surface area contributed by atoms with Crippen LogP contribution in [-0.4, -0.2) is 29.3 Å². The number of rotatable bonds is 4. The molecular formula is C12H14N2O3. The molecule has 0 amide bonds. The van der Waals surface area contributed by atoms with E-state index in [9.17, 15) is 9.59 Å². The summed E-state index contributed by atoms with van der Waals surface area (Å²) < 4.78 is 4.97. The standard InChI is InChI=1S/C12H14N2O3/c1-8(15)6-14(2)7-9-3-4-10-11(5-9)17-12(16)13-10/h3-5H,6-7H2,1-2H3,(H,13,16). The minimum Gasteiger partial charge on any atom is -0.408 e. The van der Waals surface area contributed by atoms with E-state index in [4.69, 9.17) is 4.42 Å². The molecular weight excluding hydrogens is 220 g/mol. The second kappa shape index (κ2) is 4.55. The number of H-pyrrole nitrogens is 1. The lowest BCUT2D eigenvalue weighted by Crippen LogP contribution is -2.23. The molecule has 0 fully saturated rings. The fraction of sp³-hybridized carbons (Fsp3) is 0.333. The number of hydrogen-bond donors (Lipinski definition) is 1. The Bertz CT molecular complexity index is 597. The Morgan fingerprint density at radius 1 is 1.47 bits per heavy atom. The Kier molecular flexibility index (Phi) is 3.10. The van der Waals surface area contributed by atoms with Crippen molar-refractivity contribution in [3.05, 3.63) is 34.3 Å². The molecule has 1 aromatic heterocycles. The molecule has 0 aliphatic heterocycles. The van der Waals surface area contributed by atoms with Gasteiger partial charge in [-0.25, -0.2) is 4.79 Å². The first kappa shape index (κ1) is 11.6. The SMILES string of the molecule is CC(=O)CN(C)Cc1ccc2[nH]c(=O)oc2c1. The Morgan fingerprint density at radius 3 is 2.94 bits per heavy atom. The highest BCUT2D eigenvalue weighted by molar-refractivity contribution is 5.77. The Labute approximate surface area is 98.0 Å². The number of ketones is 1. The van der Waals surface area contributed by atoms with E-state index < -0.39 is 5.76 Å². The van der Waals surface area contributed by atoms with Crippen molar-refractivity contribution in [2.24, 2.45) is 0 Å². The molecule has 0 atom stereocenters. The van der Waals surface area contributed by atoms with Crippen molar-refractivity contribution in [1.29, 1.82) is 0 Å². The van der Waals surface area contributed by atoms with Crippen molar-refractivity contribution >= 4 is 16.9 Å². The maximum atomic E-state index is 11.0. The minimum absolute atomic E-state index is 0.127. The zero-order valence-corrected chi connectivity index (χ0v) is 9.82. The lowest BCUT2D eigenvalue weighted by molar-refractivity contribution is -0.117. The summed E-state index contributed by atoms with van der Waals surface area (Å²) in [5, 5.41) is 0. The number of likely N-dealkylation sites (N-methyl/N-ethyl adjacent to an activating group) is 1. The molecule has 17 heavy (non-hydrogen) atoms. The average Bonchev–Trinajstić information content (AvgIpc) is 2.55. The van der Waals surface area contributed by atoms with Gasteiger partial charge in [0.1, 0.15) is 5.78 Å². The van der Waals surface area contributed by atoms with E-state index in [1.807, 2.05) is 24.1 Å². The third-order valence-electron chi connectivity index (χ3n) is 2.43. The molecule has 0 radical (unpaired) electrons. The van der Waals surface area contributed by atoms with Crippen LogP contribution in [0.2, 0.25) is 0 Å². The molecule has 0 aliphatic rings. The van der Waals surface area contributed by atoms with Crippen LogP contribution in [0.15, 0.2) is 27.4 Å². The zero-order chi connectivity index (χ0) is 12.4. The van der Waals surface area contributed by atoms with E-state index >= 15 is 0 Å². The number of Topliss-reactive ketones (excluding diaryl/α,β-unsaturated/α-hetero) is 1. The van der Waals surface area contributed by atoms with Gasteiger partial charge in [0.15, 0.2) is 5.58 Å². The smallest absolute Gasteiger partial charge is 0.408 e. The lowest BCUT2D eigenvalue weighted by atomic mass is 10.2. The van der Waals surface area contributed by atoms with Crippen molar-refractivity contribution in [3.63, 3.8) is 0 Å². The summed E-state index contributed by atoms with van der Waals surface area (Å²) in [5.41, 5.74) is 2.24. The van der Waals surface area contributed by atoms with Gasteiger partial charge in [0.05, 0.1) is 12.1 Å². The number of fused-ring (bicyclic) bond motifs is 1. The molecule has 0 saturated carbocycles. The summed E-state index contributed by atoms with van der Waals surface area (Å²) in [4.78, 5) is 26.4. The molecule has 0 aliphatic carbocycles. The van der Waals surface area contributed by atoms with Gasteiger partial charge in [0, 0.05) is 6.54 Å². The van der Waals surface area contributed by atoms with Gasteiger partial charge in [-0.2, -0.15) is 0 Å². The van der Waals surface area contributed by atoms with Gasteiger partial charge in [-0.3, -0.25) is 14.7 Å². The summed E-state index contributed by atoms with van der Waals surface area (Å²) in [5.74, 6) is -0.323. The third-order valence-corrected chi connectivity index (χ3v) is 2.43. The predicted octanol–water partition coefficient (Wildman–Crippen LogP) is 1.14. The van der Waals surface area contributed by atoms with Crippen LogP contribution in [0.5, 0.6) is 0 Å². The van der Waals surface area contributed by atoms with Crippen LogP contribution in [0.1, 0.15) is 12.5 Å². The monoisotopic (exact) mass is 234 g/mol. The maximum Gasteiger partial charge on any atom is 0.417 e. The van der Waals surface area contributed by atoms with Gasteiger partial charge in [-0.1, -0.05) is 6.07 Å². The minimum atomic E-state index is -0.450. The van der Waals surface area contributed by atoms with Gasteiger partial charge in [-0.05, 0) is 31.7 Å². The predicted molar refractivity (Wildman–Crippen MR) is 63.8 cm³/mol. The molecule has 2 rings (SSSR count). The number of nitrogens with zero attached hydrogens (tertiary/aromatic N) is 1. The van der Waals surface area contributed by atoms with Crippen molar-refractivity contribution in [2.75, 3.05) is 13.6 Å². The van der Waals surface area contributed by atoms with Crippen LogP contribution in [0.25, 0.3) is 11.1 Å². The molecule has 5 nitrogen and oxygen atoms in total. The molecule has 0 unspecified atom stereocenters. The van der Waals surface area contributed by atoms with Crippen LogP contribution in [-0.2, 0) is 11.3 Å². The number of aromatic nitrogens is 1. The molecule has 0 bridgehead atoms. The molecule has 1 aromatic carbocycles. The number of nitrogens with one attached hydrogen (secondary N) is 1. The first-order valence-corrected chi connectivity index (χ1v) is 5.34. The van der Waals surface area contributed by atoms with E-state index in [-0.39, 0.29) is 5.78 Å². The molecule has 1 heterocycles. The molecule has 5 heteroatoms. The van der Waals surface area contributed by atoms with Gasteiger partial charge < -0.3 is 4.42 Å². The van der Waals surface area contributed by atoms with E-state index in [2.05, 4.69) is 4.98 Å². The first-order valence-electron chi connectivity index (χ1n) is 5.34. The largest absolute Gasteiger partial charge is 0.417 e. The first-order chi connectivity index (χ1) is 8.04. The average molecular weight is 234 g/mol. The molecule has 0 saturated heterocycles. The summed E-state index contributed by atoms with van der Waals surface area (Å²) in [6, 6.07) is 5.52. The maximum absolute atomic E-state index is 11.0. The fourth-order valence-corrected chi connectivity index (χ4v) is 1.84. The second-order valence-corrected chi connectivity index (χ2v) is 4.22. The Balaban J connectivity index is 2.18. The number of aromatic amines is 1. The van der Waals surface area contributed by atoms with E-state index in [0.717, 1.165) is 5.56 Å². The summed E-state index contributed by atoms with van der Waals surface area (Å²) in [6.07, 6.45) is 0. The summed E-state index contributed by atoms with van der Waals surface area (Å²) in [7, 11) is 1.87. The summed E-state index contributed by atoms with van der Waals surface area (Å²) >= 11 is 0. The molecule has 1 N–H and O–H groups in total. The Morgan fingerprint density at radius 2 is 2.24 bits per heavy atom. The fourth-order valence-electron chi connectivity index (χ4n) is 1.84. The topological polar surface area (TPSA) is 66.3 Å². The highest BCUT2D eigenvalue weighted by Crippen LogP contribution is 2.13. The van der Waals surface area contributed by atoms with Crippen molar-refractivity contribution in [1.82, 2.24) is 9.88 Å². The normalized spacial score (nSPS) is 11.2. The molecule has 2 aromatic rings. The quantitative estimate of drug-likeness (QED) is 0.861. The summed E-state index contributed by atoms with van der Waals surface area (Å²) in [6.45, 7) is 2.62. The van der Waals surface area contributed by atoms with Crippen LogP contribution in [0.4, 0.5) is 0 Å². The van der Waals surface area contributed by atoms with Gasteiger partial charge in [-0.15, -0.1) is 0 Å². The van der Waals surface area contributed by atoms with E-state index in [0.29, 0.717) is 24.2 Å². The molecule has 0 spiro atoms. The number of carbonyl (C=O) groups excluding carboxylic acids is 1. The Hall–Kier alpha value is -1.88. The van der Waals surface area contributed by atoms with Gasteiger partial charge in [0.25, 0.3) is 0 Å². The second-order valence-electron chi connectivity index (χ2n) is 4.22. The molecule has 90 valence electrons. The number of hydrogen-bond acceptors (Lipinski definition) is 4. The van der Waals surface area contributed by atoms with Crippen molar-refractivity contribution in [3.8, 4) is 0 Å². The van der Waals surface area contributed by atoms with E-state index in [1.165, 1.54) is 0 Å². The van der Waals surface area contributed by atoms with Gasteiger partial charge in [0.2, 0.25) is 0 Å². The van der Waals surface area contributed by atoms with Gasteiger partial charge >= 0.3 is 5.76 Å². The third kappa shape index (κ3) is 2.82. The zero-order valence-electron chi connectivity index (χ0n) is 9.82. The van der Waals surface area contributed by atoms with E-state index in [1.54, 1.807) is 13.0 Å². The number of carbonyl (C=O) groups is 1. The van der Waals surface area contributed by atoms with Crippen LogP contribution < -0.4 is 5.76 Å². The lowest BCUT2D eigenvalue weighted by Gasteiger charge is -2.14. The highest BCUT2D eigenvalue weighted by atomic mass is 16.4. The van der Waals surface area contributed by atoms with Crippen LogP contribution in [0.3, 0.4) is 0 Å². The number of benzene rings is 1. The van der Waals surface area contributed by atoms with Crippen LogP contribution in [0, 0.1) is 0 Å². The van der Waals surface area contributed by atoms with Crippen molar-refractivity contribution < 1.29 is 9.21 Å². The highest BCUT2D eigenvalue weighted by Gasteiger charge is 2.06. The number of oxazole rings is 1.